The molecule has 7 nitrogen and oxygen atoms in total. The number of benzene rings is 1. The lowest BCUT2D eigenvalue weighted by Crippen LogP contribution is -2.29. The third kappa shape index (κ3) is 5.39. The highest BCUT2D eigenvalue weighted by Crippen LogP contribution is 2.17. The van der Waals surface area contributed by atoms with Crippen LogP contribution in [0.2, 0.25) is 0 Å². The van der Waals surface area contributed by atoms with Crippen LogP contribution in [0.5, 0.6) is 0 Å². The molecule has 8 heteroatoms. The van der Waals surface area contributed by atoms with E-state index in [2.05, 4.69) is 10.3 Å². The number of rotatable bonds is 7. The van der Waals surface area contributed by atoms with E-state index in [-0.39, 0.29) is 23.5 Å². The summed E-state index contributed by atoms with van der Waals surface area (Å²) in [7, 11) is 0. The number of carbonyl (C=O) groups excluding carboxylic acids is 2. The second kappa shape index (κ2) is 9.29. The highest BCUT2D eigenvalue weighted by molar-refractivity contribution is 7.14. The van der Waals surface area contributed by atoms with Gasteiger partial charge in [0.05, 0.1) is 25.3 Å². The van der Waals surface area contributed by atoms with Crippen molar-refractivity contribution in [2.45, 2.75) is 26.8 Å². The lowest BCUT2D eigenvalue weighted by atomic mass is 10.1. The van der Waals surface area contributed by atoms with Crippen LogP contribution in [0.1, 0.15) is 34.1 Å². The fourth-order valence-electron chi connectivity index (χ4n) is 2.81. The topological polar surface area (TPSA) is 90.3 Å². The van der Waals surface area contributed by atoms with Crippen LogP contribution in [0.3, 0.4) is 0 Å². The molecule has 0 spiro atoms. The lowest BCUT2D eigenvalue weighted by molar-refractivity contribution is -0.142. The second-order valence-electron chi connectivity index (χ2n) is 6.42. The number of amides is 1. The van der Waals surface area contributed by atoms with Crippen molar-refractivity contribution >= 4 is 28.3 Å². The van der Waals surface area contributed by atoms with Gasteiger partial charge in [-0.2, -0.15) is 0 Å². The number of pyridine rings is 1. The zero-order valence-electron chi connectivity index (χ0n) is 16.2. The molecule has 2 aromatic heterocycles. The number of aryl methyl sites for hydroxylation is 1. The minimum atomic E-state index is -0.536. The molecule has 3 aromatic rings. The normalized spacial score (nSPS) is 10.6. The zero-order chi connectivity index (χ0) is 20.8. The van der Waals surface area contributed by atoms with E-state index in [0.29, 0.717) is 24.0 Å². The lowest BCUT2D eigenvalue weighted by Gasteiger charge is -2.08. The van der Waals surface area contributed by atoms with Crippen molar-refractivity contribution in [3.63, 3.8) is 0 Å². The van der Waals surface area contributed by atoms with Gasteiger partial charge in [-0.05, 0) is 31.5 Å². The molecular formula is C21H21N3O4S. The Hall–Kier alpha value is -3.26. The molecule has 29 heavy (non-hydrogen) atoms. The van der Waals surface area contributed by atoms with Crippen LogP contribution in [0.4, 0.5) is 5.13 Å². The summed E-state index contributed by atoms with van der Waals surface area (Å²) in [6.07, 6.45) is 1.69. The minimum absolute atomic E-state index is 0.0299. The van der Waals surface area contributed by atoms with Crippen molar-refractivity contribution in [3.8, 4) is 0 Å². The van der Waals surface area contributed by atoms with E-state index in [0.717, 1.165) is 11.1 Å². The highest BCUT2D eigenvalue weighted by atomic mass is 32.1. The molecular weight excluding hydrogens is 390 g/mol. The predicted molar refractivity (Wildman–Crippen MR) is 111 cm³/mol. The van der Waals surface area contributed by atoms with E-state index in [9.17, 15) is 14.4 Å². The SMILES string of the molecule is CCOC(=O)Cc1csc(NC(=O)c2cccn(Cc3cccc(C)c3)c2=O)n1. The Morgan fingerprint density at radius 2 is 2.07 bits per heavy atom. The molecule has 0 aliphatic heterocycles. The molecule has 0 fully saturated rings. The van der Waals surface area contributed by atoms with Gasteiger partial charge in [0, 0.05) is 11.6 Å². The van der Waals surface area contributed by atoms with Gasteiger partial charge in [-0.3, -0.25) is 19.7 Å². The molecule has 0 saturated carbocycles. The Labute approximate surface area is 172 Å². The fraction of sp³-hybridized carbons (Fsp3) is 0.238. The molecule has 150 valence electrons. The number of thiazole rings is 1. The number of nitrogens with one attached hydrogen (secondary N) is 1. The number of esters is 1. The molecule has 0 atom stereocenters. The maximum Gasteiger partial charge on any atom is 0.311 e. The van der Waals surface area contributed by atoms with E-state index in [4.69, 9.17) is 4.74 Å². The fourth-order valence-corrected chi connectivity index (χ4v) is 3.52. The Kier molecular flexibility index (Phi) is 6.56. The van der Waals surface area contributed by atoms with E-state index < -0.39 is 5.91 Å². The molecule has 0 radical (unpaired) electrons. The van der Waals surface area contributed by atoms with Crippen molar-refractivity contribution in [2.24, 2.45) is 0 Å². The first kappa shape index (κ1) is 20.5. The maximum absolute atomic E-state index is 12.7. The van der Waals surface area contributed by atoms with Gasteiger partial charge >= 0.3 is 5.97 Å². The Bertz CT molecular complexity index is 1090. The van der Waals surface area contributed by atoms with E-state index in [1.54, 1.807) is 24.6 Å². The van der Waals surface area contributed by atoms with Crippen LogP contribution in [0, 0.1) is 6.92 Å². The summed E-state index contributed by atoms with van der Waals surface area (Å²) in [5, 5.41) is 4.62. The van der Waals surface area contributed by atoms with Crippen LogP contribution in [-0.4, -0.2) is 28.0 Å². The number of aromatic nitrogens is 2. The average molecular weight is 411 g/mol. The summed E-state index contributed by atoms with van der Waals surface area (Å²) in [6, 6.07) is 11.0. The van der Waals surface area contributed by atoms with E-state index in [1.807, 2.05) is 31.2 Å². The molecule has 3 rings (SSSR count). The standard InChI is InChI=1S/C21H21N3O4S/c1-3-28-18(25)11-16-13-29-21(22-16)23-19(26)17-8-5-9-24(20(17)27)12-15-7-4-6-14(2)10-15/h4-10,13H,3,11-12H2,1-2H3,(H,22,23,26). The van der Waals surface area contributed by atoms with Crippen molar-refractivity contribution in [1.29, 1.82) is 0 Å². The minimum Gasteiger partial charge on any atom is -0.466 e. The van der Waals surface area contributed by atoms with Gasteiger partial charge in [-0.1, -0.05) is 29.8 Å². The maximum atomic E-state index is 12.7. The highest BCUT2D eigenvalue weighted by Gasteiger charge is 2.15. The summed E-state index contributed by atoms with van der Waals surface area (Å²) in [4.78, 5) is 41.0. The molecule has 0 bridgehead atoms. The van der Waals surface area contributed by atoms with E-state index >= 15 is 0 Å². The Morgan fingerprint density at radius 1 is 1.24 bits per heavy atom. The molecule has 0 unspecified atom stereocenters. The molecule has 0 aliphatic rings. The van der Waals surface area contributed by atoms with Gasteiger partial charge in [-0.25, -0.2) is 4.98 Å². The van der Waals surface area contributed by atoms with Gasteiger partial charge in [0.1, 0.15) is 5.56 Å². The van der Waals surface area contributed by atoms with Crippen LogP contribution < -0.4 is 10.9 Å². The largest absolute Gasteiger partial charge is 0.466 e. The predicted octanol–water partition coefficient (Wildman–Crippen LogP) is 3.02. The first-order valence-electron chi connectivity index (χ1n) is 9.12. The van der Waals surface area contributed by atoms with Gasteiger partial charge in [-0.15, -0.1) is 11.3 Å². The molecule has 1 N–H and O–H groups in total. The third-order valence-corrected chi connectivity index (χ3v) is 4.91. The third-order valence-electron chi connectivity index (χ3n) is 4.10. The Morgan fingerprint density at radius 3 is 2.83 bits per heavy atom. The molecule has 2 heterocycles. The van der Waals surface area contributed by atoms with Crippen LogP contribution in [-0.2, 0) is 22.5 Å². The van der Waals surface area contributed by atoms with Crippen molar-refractivity contribution < 1.29 is 14.3 Å². The summed E-state index contributed by atoms with van der Waals surface area (Å²) in [5.41, 5.74) is 2.24. The smallest absolute Gasteiger partial charge is 0.311 e. The number of nitrogens with zero attached hydrogens (tertiary/aromatic N) is 2. The monoisotopic (exact) mass is 411 g/mol. The van der Waals surface area contributed by atoms with E-state index in [1.165, 1.54) is 22.0 Å². The van der Waals surface area contributed by atoms with Crippen LogP contribution in [0.25, 0.3) is 0 Å². The number of carbonyl (C=O) groups is 2. The van der Waals surface area contributed by atoms with Gasteiger partial charge in [0.2, 0.25) is 0 Å². The summed E-state index contributed by atoms with van der Waals surface area (Å²) in [5.74, 6) is -0.914. The van der Waals surface area contributed by atoms with Crippen molar-refractivity contribution in [3.05, 3.63) is 80.7 Å². The summed E-state index contributed by atoms with van der Waals surface area (Å²) >= 11 is 1.19. The number of hydrogen-bond acceptors (Lipinski definition) is 6. The van der Waals surface area contributed by atoms with Gasteiger partial charge < -0.3 is 9.30 Å². The van der Waals surface area contributed by atoms with Gasteiger partial charge in [0.15, 0.2) is 5.13 Å². The second-order valence-corrected chi connectivity index (χ2v) is 7.28. The molecule has 0 aliphatic carbocycles. The first-order valence-corrected chi connectivity index (χ1v) is 10.0. The summed E-state index contributed by atoms with van der Waals surface area (Å²) in [6.45, 7) is 4.40. The number of ether oxygens (including phenoxy) is 1. The van der Waals surface area contributed by atoms with Crippen molar-refractivity contribution in [1.82, 2.24) is 9.55 Å². The van der Waals surface area contributed by atoms with Gasteiger partial charge in [0.25, 0.3) is 11.5 Å². The zero-order valence-corrected chi connectivity index (χ0v) is 17.0. The number of hydrogen-bond donors (Lipinski definition) is 1. The van der Waals surface area contributed by atoms with Crippen LogP contribution in [0.15, 0.2) is 52.8 Å². The van der Waals surface area contributed by atoms with Crippen LogP contribution >= 0.6 is 11.3 Å². The first-order chi connectivity index (χ1) is 14.0. The van der Waals surface area contributed by atoms with Crippen molar-refractivity contribution in [2.75, 3.05) is 11.9 Å². The quantitative estimate of drug-likeness (QED) is 0.604. The molecule has 0 saturated heterocycles. The molecule has 1 aromatic carbocycles. The average Bonchev–Trinajstić information content (AvgIpc) is 3.10. The number of anilines is 1. The Balaban J connectivity index is 1.72. The molecule has 1 amide bonds. The summed E-state index contributed by atoms with van der Waals surface area (Å²) < 4.78 is 6.38.